The van der Waals surface area contributed by atoms with Gasteiger partial charge >= 0.3 is 0 Å². The van der Waals surface area contributed by atoms with Gasteiger partial charge in [0.05, 0.1) is 30.8 Å². The molecule has 0 spiro atoms. The summed E-state index contributed by atoms with van der Waals surface area (Å²) in [7, 11) is 0. The maximum Gasteiger partial charge on any atom is 0.300 e. The maximum absolute atomic E-state index is 12.0. The molecule has 0 bridgehead atoms. The Morgan fingerprint density at radius 2 is 2.40 bits per heavy atom. The van der Waals surface area contributed by atoms with E-state index in [-0.39, 0.29) is 23.4 Å². The zero-order valence-electron chi connectivity index (χ0n) is 10.4. The number of ether oxygens (including phenoxy) is 2. The molecule has 1 unspecified atom stereocenters. The Morgan fingerprint density at radius 1 is 1.60 bits per heavy atom. The SMILES string of the molecule is O=C(NCC1COCCO1)c1cc(Cl)ncc1[N+](=O)[O-]. The Bertz CT molecular complexity index is 519. The lowest BCUT2D eigenvalue weighted by molar-refractivity contribution is -0.385. The molecule has 2 heterocycles. The van der Waals surface area contributed by atoms with Gasteiger partial charge in [-0.2, -0.15) is 0 Å². The van der Waals surface area contributed by atoms with Crippen molar-refractivity contribution in [2.75, 3.05) is 26.4 Å². The fourth-order valence-corrected chi connectivity index (χ4v) is 1.86. The van der Waals surface area contributed by atoms with E-state index in [2.05, 4.69) is 10.3 Å². The van der Waals surface area contributed by atoms with Crippen molar-refractivity contribution >= 4 is 23.2 Å². The number of halogens is 1. The number of nitro groups is 1. The van der Waals surface area contributed by atoms with Gasteiger partial charge in [0.15, 0.2) is 0 Å². The summed E-state index contributed by atoms with van der Waals surface area (Å²) >= 11 is 5.66. The number of hydrogen-bond acceptors (Lipinski definition) is 6. The van der Waals surface area contributed by atoms with Crippen molar-refractivity contribution in [1.82, 2.24) is 10.3 Å². The third-order valence-electron chi connectivity index (χ3n) is 2.67. The highest BCUT2D eigenvalue weighted by molar-refractivity contribution is 6.29. The van der Waals surface area contributed by atoms with Crippen LogP contribution in [-0.2, 0) is 9.47 Å². The minimum atomic E-state index is -0.682. The highest BCUT2D eigenvalue weighted by atomic mass is 35.5. The van der Waals surface area contributed by atoms with Crippen LogP contribution in [0.5, 0.6) is 0 Å². The first-order valence-corrected chi connectivity index (χ1v) is 6.23. The van der Waals surface area contributed by atoms with Crippen molar-refractivity contribution < 1.29 is 19.2 Å². The summed E-state index contributed by atoms with van der Waals surface area (Å²) in [4.78, 5) is 25.7. The first-order chi connectivity index (χ1) is 9.58. The fourth-order valence-electron chi connectivity index (χ4n) is 1.71. The molecule has 9 heteroatoms. The molecule has 1 aliphatic rings. The zero-order chi connectivity index (χ0) is 14.5. The van der Waals surface area contributed by atoms with Crippen LogP contribution in [0.25, 0.3) is 0 Å². The summed E-state index contributed by atoms with van der Waals surface area (Å²) in [5, 5.41) is 13.4. The van der Waals surface area contributed by atoms with E-state index in [0.29, 0.717) is 19.8 Å². The van der Waals surface area contributed by atoms with Gasteiger partial charge in [0.2, 0.25) is 0 Å². The molecule has 1 aliphatic heterocycles. The highest BCUT2D eigenvalue weighted by Gasteiger charge is 2.23. The van der Waals surface area contributed by atoms with E-state index in [9.17, 15) is 14.9 Å². The minimum Gasteiger partial charge on any atom is -0.376 e. The molecule has 0 aliphatic carbocycles. The van der Waals surface area contributed by atoms with E-state index in [1.165, 1.54) is 0 Å². The molecule has 1 amide bonds. The molecule has 1 aromatic rings. The number of aromatic nitrogens is 1. The van der Waals surface area contributed by atoms with Gasteiger partial charge in [0, 0.05) is 6.54 Å². The Hall–Kier alpha value is -1.77. The molecule has 20 heavy (non-hydrogen) atoms. The van der Waals surface area contributed by atoms with Gasteiger partial charge < -0.3 is 14.8 Å². The number of carbonyl (C=O) groups excluding carboxylic acids is 1. The number of rotatable bonds is 4. The zero-order valence-corrected chi connectivity index (χ0v) is 11.1. The van der Waals surface area contributed by atoms with E-state index in [4.69, 9.17) is 21.1 Å². The van der Waals surface area contributed by atoms with Crippen LogP contribution < -0.4 is 5.32 Å². The van der Waals surface area contributed by atoms with Crippen molar-refractivity contribution in [3.63, 3.8) is 0 Å². The average Bonchev–Trinajstić information content (AvgIpc) is 2.45. The lowest BCUT2D eigenvalue weighted by atomic mass is 10.2. The first-order valence-electron chi connectivity index (χ1n) is 5.85. The molecule has 1 fully saturated rings. The second kappa shape index (κ2) is 6.60. The van der Waals surface area contributed by atoms with Gasteiger partial charge in [-0.05, 0) is 6.07 Å². The largest absolute Gasteiger partial charge is 0.376 e. The third kappa shape index (κ3) is 3.62. The molecular formula is C11H12ClN3O5. The van der Waals surface area contributed by atoms with Crippen molar-refractivity contribution in [3.8, 4) is 0 Å². The summed E-state index contributed by atoms with van der Waals surface area (Å²) in [6.45, 7) is 1.56. The molecule has 0 saturated carbocycles. The van der Waals surface area contributed by atoms with E-state index in [1.54, 1.807) is 0 Å². The lowest BCUT2D eigenvalue weighted by Crippen LogP contribution is -2.39. The van der Waals surface area contributed by atoms with Crippen LogP contribution >= 0.6 is 11.6 Å². The van der Waals surface area contributed by atoms with E-state index in [0.717, 1.165) is 12.3 Å². The molecule has 1 atom stereocenters. The van der Waals surface area contributed by atoms with Gasteiger partial charge in [0.1, 0.15) is 16.9 Å². The summed E-state index contributed by atoms with van der Waals surface area (Å²) in [5.41, 5.74) is -0.528. The van der Waals surface area contributed by atoms with Crippen molar-refractivity contribution in [2.24, 2.45) is 0 Å². The van der Waals surface area contributed by atoms with Crippen molar-refractivity contribution in [2.45, 2.75) is 6.10 Å². The van der Waals surface area contributed by atoms with E-state index >= 15 is 0 Å². The molecule has 1 N–H and O–H groups in total. The summed E-state index contributed by atoms with van der Waals surface area (Å²) in [6.07, 6.45) is 0.696. The quantitative estimate of drug-likeness (QED) is 0.501. The monoisotopic (exact) mass is 301 g/mol. The van der Waals surface area contributed by atoms with Crippen LogP contribution in [0.1, 0.15) is 10.4 Å². The molecule has 108 valence electrons. The first kappa shape index (κ1) is 14.6. The van der Waals surface area contributed by atoms with Crippen LogP contribution in [0.3, 0.4) is 0 Å². The van der Waals surface area contributed by atoms with Crippen LogP contribution in [0, 0.1) is 10.1 Å². The summed E-state index contributed by atoms with van der Waals surface area (Å²) in [6, 6.07) is 1.16. The third-order valence-corrected chi connectivity index (χ3v) is 2.87. The van der Waals surface area contributed by atoms with Gasteiger partial charge in [-0.15, -0.1) is 0 Å². The predicted molar refractivity (Wildman–Crippen MR) is 68.8 cm³/mol. The fraction of sp³-hybridized carbons (Fsp3) is 0.455. The molecule has 1 saturated heterocycles. The Morgan fingerprint density at radius 3 is 3.05 bits per heavy atom. The van der Waals surface area contributed by atoms with E-state index in [1.807, 2.05) is 0 Å². The summed E-state index contributed by atoms with van der Waals surface area (Å²) < 4.78 is 10.5. The Kier molecular flexibility index (Phi) is 4.83. The second-order valence-electron chi connectivity index (χ2n) is 4.06. The van der Waals surface area contributed by atoms with Crippen LogP contribution in [0.2, 0.25) is 5.15 Å². The van der Waals surface area contributed by atoms with Gasteiger partial charge in [-0.25, -0.2) is 4.98 Å². The van der Waals surface area contributed by atoms with Gasteiger partial charge in [0.25, 0.3) is 11.6 Å². The standard InChI is InChI=1S/C11H12ClN3O5/c12-10-3-8(9(5-13-10)15(17)18)11(16)14-4-7-6-19-1-2-20-7/h3,5,7H,1-2,4,6H2,(H,14,16). The van der Waals surface area contributed by atoms with E-state index < -0.39 is 16.5 Å². The van der Waals surface area contributed by atoms with Gasteiger partial charge in [-0.1, -0.05) is 11.6 Å². The predicted octanol–water partition coefficient (Wildman–Crippen LogP) is 0.788. The van der Waals surface area contributed by atoms with Crippen molar-refractivity contribution in [3.05, 3.63) is 33.1 Å². The number of hydrogen-bond donors (Lipinski definition) is 1. The maximum atomic E-state index is 12.0. The van der Waals surface area contributed by atoms with Crippen LogP contribution in [0.15, 0.2) is 12.3 Å². The Labute approximate surface area is 119 Å². The topological polar surface area (TPSA) is 104 Å². The number of pyridine rings is 1. The number of nitrogens with one attached hydrogen (secondary N) is 1. The summed E-state index contributed by atoms with van der Waals surface area (Å²) in [5.74, 6) is -0.602. The Balaban J connectivity index is 2.04. The average molecular weight is 302 g/mol. The highest BCUT2D eigenvalue weighted by Crippen LogP contribution is 2.20. The van der Waals surface area contributed by atoms with Crippen LogP contribution in [0.4, 0.5) is 5.69 Å². The molecule has 8 nitrogen and oxygen atoms in total. The number of nitrogens with zero attached hydrogens (tertiary/aromatic N) is 2. The van der Waals surface area contributed by atoms with Crippen LogP contribution in [-0.4, -0.2) is 48.3 Å². The molecule has 1 aromatic heterocycles. The minimum absolute atomic E-state index is 0.0120. The smallest absolute Gasteiger partial charge is 0.300 e. The molecule has 0 radical (unpaired) electrons. The molecule has 0 aromatic carbocycles. The molecular weight excluding hydrogens is 290 g/mol. The normalized spacial score (nSPS) is 18.6. The molecule has 2 rings (SSSR count). The number of carbonyl (C=O) groups is 1. The van der Waals surface area contributed by atoms with Gasteiger partial charge in [-0.3, -0.25) is 14.9 Å². The van der Waals surface area contributed by atoms with Crippen molar-refractivity contribution in [1.29, 1.82) is 0 Å². The second-order valence-corrected chi connectivity index (χ2v) is 4.45. The number of amides is 1. The lowest BCUT2D eigenvalue weighted by Gasteiger charge is -2.23.